The number of carbonyl (C=O) groups is 1. The van der Waals surface area contributed by atoms with Crippen LogP contribution in [0.3, 0.4) is 0 Å². The lowest BCUT2D eigenvalue weighted by Crippen LogP contribution is -2.11. The van der Waals surface area contributed by atoms with E-state index < -0.39 is 0 Å². The van der Waals surface area contributed by atoms with Crippen LogP contribution >= 0.6 is 11.6 Å². The number of nitrogens with one attached hydrogen (secondary N) is 2. The Bertz CT molecular complexity index is 1440. The average molecular weight is 498 g/mol. The summed E-state index contributed by atoms with van der Waals surface area (Å²) < 4.78 is 6.09. The molecule has 1 amide bonds. The summed E-state index contributed by atoms with van der Waals surface area (Å²) in [5.41, 5.74) is 3.80. The van der Waals surface area contributed by atoms with Crippen LogP contribution in [0.4, 0.5) is 17.2 Å². The van der Waals surface area contributed by atoms with Crippen LogP contribution in [-0.2, 0) is 0 Å². The maximum absolute atomic E-state index is 12.5. The van der Waals surface area contributed by atoms with Gasteiger partial charge < -0.3 is 15.4 Å². The molecule has 2 heterocycles. The molecule has 3 aromatic carbocycles. The normalized spacial score (nSPS) is 13.9. The Labute approximate surface area is 214 Å². The maximum Gasteiger partial charge on any atom is 0.255 e. The minimum atomic E-state index is -0.223. The molecule has 0 bridgehead atoms. The Hall–Kier alpha value is -4.23. The summed E-state index contributed by atoms with van der Waals surface area (Å²) in [4.78, 5) is 26.3. The van der Waals surface area contributed by atoms with E-state index in [9.17, 15) is 4.79 Å². The number of carbonyl (C=O) groups excluding carboxylic acids is 1. The first-order valence-corrected chi connectivity index (χ1v) is 12.0. The van der Waals surface area contributed by atoms with Crippen molar-refractivity contribution in [3.8, 4) is 11.5 Å². The van der Waals surface area contributed by atoms with Crippen molar-refractivity contribution in [2.24, 2.45) is 4.99 Å². The van der Waals surface area contributed by atoms with Gasteiger partial charge in [-0.25, -0.2) is 9.97 Å². The van der Waals surface area contributed by atoms with Gasteiger partial charge in [-0.05, 0) is 68.3 Å². The van der Waals surface area contributed by atoms with E-state index in [1.54, 1.807) is 30.3 Å². The van der Waals surface area contributed by atoms with E-state index in [2.05, 4.69) is 20.6 Å². The second-order valence-electron chi connectivity index (χ2n) is 8.36. The number of benzene rings is 3. The number of nitrogens with zero attached hydrogens (tertiary/aromatic N) is 3. The number of amides is 1. The molecule has 0 atom stereocenters. The molecule has 1 aromatic heterocycles. The Balaban J connectivity index is 1.33. The minimum Gasteiger partial charge on any atom is -0.457 e. The lowest BCUT2D eigenvalue weighted by Gasteiger charge is -2.10. The van der Waals surface area contributed by atoms with Crippen LogP contribution in [0.2, 0.25) is 5.02 Å². The number of fused-ring (bicyclic) bond motifs is 1. The van der Waals surface area contributed by atoms with Crippen LogP contribution in [-0.4, -0.2) is 28.1 Å². The SMILES string of the molecule is Cc1ncc2c(n1)NCCCC2=Nc1cccc(Oc2cccc(NC(=O)c3ccc(Cl)cc3)c2)c1. The Morgan fingerprint density at radius 1 is 1.06 bits per heavy atom. The van der Waals surface area contributed by atoms with Gasteiger partial charge in [0.15, 0.2) is 0 Å². The highest BCUT2D eigenvalue weighted by Crippen LogP contribution is 2.29. The number of halogens is 1. The molecule has 0 saturated heterocycles. The summed E-state index contributed by atoms with van der Waals surface area (Å²) in [6.45, 7) is 2.72. The molecule has 0 radical (unpaired) electrons. The number of aromatic nitrogens is 2. The molecule has 7 nitrogen and oxygen atoms in total. The first-order valence-electron chi connectivity index (χ1n) is 11.6. The number of rotatable bonds is 5. The predicted octanol–water partition coefficient (Wildman–Crippen LogP) is 6.81. The third kappa shape index (κ3) is 5.70. The van der Waals surface area contributed by atoms with Gasteiger partial charge in [-0.2, -0.15) is 0 Å². The van der Waals surface area contributed by atoms with E-state index in [0.717, 1.165) is 48.0 Å². The van der Waals surface area contributed by atoms with Crippen molar-refractivity contribution in [3.05, 3.63) is 101 Å². The molecular weight excluding hydrogens is 474 g/mol. The molecule has 8 heteroatoms. The molecule has 0 aliphatic carbocycles. The van der Waals surface area contributed by atoms with E-state index in [-0.39, 0.29) is 5.91 Å². The zero-order valence-corrected chi connectivity index (χ0v) is 20.4. The van der Waals surface area contributed by atoms with E-state index in [1.165, 1.54) is 0 Å². The quantitative estimate of drug-likeness (QED) is 0.316. The molecule has 1 aliphatic heterocycles. The third-order valence-corrected chi connectivity index (χ3v) is 5.87. The Kier molecular flexibility index (Phi) is 6.91. The summed E-state index contributed by atoms with van der Waals surface area (Å²) in [6.07, 6.45) is 3.62. The first-order chi connectivity index (χ1) is 17.5. The van der Waals surface area contributed by atoms with Gasteiger partial charge in [0.05, 0.1) is 17.0 Å². The summed E-state index contributed by atoms with van der Waals surface area (Å²) in [5.74, 6) is 2.57. The molecule has 0 spiro atoms. The number of hydrogen-bond donors (Lipinski definition) is 2. The van der Waals surface area contributed by atoms with Crippen molar-refractivity contribution in [1.82, 2.24) is 9.97 Å². The lowest BCUT2D eigenvalue weighted by molar-refractivity contribution is 0.102. The number of ether oxygens (including phenoxy) is 1. The number of aryl methyl sites for hydroxylation is 1. The predicted molar refractivity (Wildman–Crippen MR) is 143 cm³/mol. The van der Waals surface area contributed by atoms with Crippen molar-refractivity contribution in [3.63, 3.8) is 0 Å². The molecule has 4 aromatic rings. The lowest BCUT2D eigenvalue weighted by atomic mass is 10.1. The van der Waals surface area contributed by atoms with Crippen LogP contribution in [0.1, 0.15) is 34.6 Å². The van der Waals surface area contributed by atoms with Gasteiger partial charge in [0.1, 0.15) is 23.1 Å². The van der Waals surface area contributed by atoms with Crippen LogP contribution in [0.5, 0.6) is 11.5 Å². The maximum atomic E-state index is 12.5. The molecule has 36 heavy (non-hydrogen) atoms. The van der Waals surface area contributed by atoms with E-state index in [1.807, 2.05) is 55.6 Å². The number of hydrogen-bond acceptors (Lipinski definition) is 6. The highest BCUT2D eigenvalue weighted by Gasteiger charge is 2.16. The van der Waals surface area contributed by atoms with Crippen molar-refractivity contribution < 1.29 is 9.53 Å². The van der Waals surface area contributed by atoms with Gasteiger partial charge in [0.2, 0.25) is 0 Å². The summed E-state index contributed by atoms with van der Waals surface area (Å²) >= 11 is 5.91. The molecule has 0 saturated carbocycles. The topological polar surface area (TPSA) is 88.5 Å². The van der Waals surface area contributed by atoms with Crippen LogP contribution in [0.25, 0.3) is 0 Å². The molecule has 180 valence electrons. The van der Waals surface area contributed by atoms with Gasteiger partial charge in [-0.15, -0.1) is 0 Å². The van der Waals surface area contributed by atoms with E-state index in [4.69, 9.17) is 21.3 Å². The fourth-order valence-electron chi connectivity index (χ4n) is 3.88. The van der Waals surface area contributed by atoms with Gasteiger partial charge in [-0.1, -0.05) is 23.7 Å². The monoisotopic (exact) mass is 497 g/mol. The molecule has 1 aliphatic rings. The van der Waals surface area contributed by atoms with Gasteiger partial charge in [0.25, 0.3) is 5.91 Å². The Morgan fingerprint density at radius 3 is 2.67 bits per heavy atom. The van der Waals surface area contributed by atoms with Crippen molar-refractivity contribution in [2.45, 2.75) is 19.8 Å². The van der Waals surface area contributed by atoms with Crippen LogP contribution in [0.15, 0.2) is 84.0 Å². The third-order valence-electron chi connectivity index (χ3n) is 5.62. The van der Waals surface area contributed by atoms with Crippen molar-refractivity contribution >= 4 is 40.4 Å². The highest BCUT2D eigenvalue weighted by molar-refractivity contribution is 6.30. The van der Waals surface area contributed by atoms with E-state index in [0.29, 0.717) is 27.8 Å². The second kappa shape index (κ2) is 10.6. The fourth-order valence-corrected chi connectivity index (χ4v) is 4.01. The molecule has 0 unspecified atom stereocenters. The Morgan fingerprint density at radius 2 is 1.83 bits per heavy atom. The van der Waals surface area contributed by atoms with Crippen LogP contribution < -0.4 is 15.4 Å². The highest BCUT2D eigenvalue weighted by atomic mass is 35.5. The summed E-state index contributed by atoms with van der Waals surface area (Å²) in [7, 11) is 0. The zero-order valence-electron chi connectivity index (χ0n) is 19.7. The van der Waals surface area contributed by atoms with E-state index >= 15 is 0 Å². The van der Waals surface area contributed by atoms with Gasteiger partial charge >= 0.3 is 0 Å². The van der Waals surface area contributed by atoms with Crippen LogP contribution in [0, 0.1) is 6.92 Å². The smallest absolute Gasteiger partial charge is 0.255 e. The summed E-state index contributed by atoms with van der Waals surface area (Å²) in [5, 5.41) is 6.83. The molecule has 2 N–H and O–H groups in total. The van der Waals surface area contributed by atoms with Gasteiger partial charge in [-0.3, -0.25) is 9.79 Å². The molecule has 5 rings (SSSR count). The summed E-state index contributed by atoms with van der Waals surface area (Å²) in [6, 6.07) is 21.6. The van der Waals surface area contributed by atoms with Gasteiger partial charge in [0, 0.05) is 41.1 Å². The standard InChI is InChI=1S/C28H24ClN5O2/c1-18-31-17-25-26(9-4-14-30-27(25)32-18)33-21-5-2-7-23(15-21)36-24-8-3-6-22(16-24)34-28(35)19-10-12-20(29)13-11-19/h2-3,5-8,10-13,15-17H,4,9,14H2,1H3,(H,34,35)(H,30,31,32). The largest absolute Gasteiger partial charge is 0.457 e. The molecular formula is C28H24ClN5O2. The van der Waals surface area contributed by atoms with Crippen molar-refractivity contribution in [1.29, 1.82) is 0 Å². The van der Waals surface area contributed by atoms with Crippen molar-refractivity contribution in [2.75, 3.05) is 17.2 Å². The first kappa shape index (κ1) is 23.5. The number of aliphatic imine (C=N–C) groups is 1. The molecule has 0 fully saturated rings. The minimum absolute atomic E-state index is 0.223. The zero-order chi connectivity index (χ0) is 24.9. The number of anilines is 2. The fraction of sp³-hybridized carbons (Fsp3) is 0.143. The average Bonchev–Trinajstić information content (AvgIpc) is 3.06. The second-order valence-corrected chi connectivity index (χ2v) is 8.79.